The highest BCUT2D eigenvalue weighted by Crippen LogP contribution is 2.39. The molecular formula is C16H14FNO2. The summed E-state index contributed by atoms with van der Waals surface area (Å²) in [5.74, 6) is -1.33. The Kier molecular flexibility index (Phi) is 2.93. The van der Waals surface area contributed by atoms with E-state index in [2.05, 4.69) is 5.32 Å². The second-order valence-electron chi connectivity index (χ2n) is 5.00. The highest BCUT2D eigenvalue weighted by atomic mass is 19.1. The molecule has 1 atom stereocenters. The van der Waals surface area contributed by atoms with Crippen LogP contribution in [-0.2, 0) is 16.8 Å². The predicted octanol–water partition coefficient (Wildman–Crippen LogP) is 3.16. The number of carbonyl (C=O) groups is 1. The minimum atomic E-state index is -1.18. The molecule has 2 N–H and O–H groups in total. The maximum atomic E-state index is 13.3. The van der Waals surface area contributed by atoms with Crippen molar-refractivity contribution in [1.29, 1.82) is 0 Å². The zero-order valence-electron chi connectivity index (χ0n) is 10.8. The molecule has 0 saturated heterocycles. The van der Waals surface area contributed by atoms with E-state index in [0.717, 1.165) is 11.1 Å². The van der Waals surface area contributed by atoms with Crippen molar-refractivity contribution in [2.45, 2.75) is 18.4 Å². The molecule has 3 nitrogen and oxygen atoms in total. The van der Waals surface area contributed by atoms with Crippen LogP contribution in [0.2, 0.25) is 0 Å². The minimum Gasteiger partial charge on any atom is -0.479 e. The van der Waals surface area contributed by atoms with Gasteiger partial charge in [0.15, 0.2) is 5.54 Å². The monoisotopic (exact) mass is 271 g/mol. The van der Waals surface area contributed by atoms with Gasteiger partial charge in [0.05, 0.1) is 0 Å². The third kappa shape index (κ3) is 1.93. The molecule has 0 amide bonds. The number of hydrogen-bond donors (Lipinski definition) is 2. The molecule has 0 radical (unpaired) electrons. The molecule has 4 heteroatoms. The maximum Gasteiger partial charge on any atom is 0.334 e. The van der Waals surface area contributed by atoms with Crippen molar-refractivity contribution in [3.63, 3.8) is 0 Å². The molecule has 3 rings (SSSR count). The molecule has 1 unspecified atom stereocenters. The zero-order chi connectivity index (χ0) is 14.2. The van der Waals surface area contributed by atoms with E-state index in [4.69, 9.17) is 0 Å². The van der Waals surface area contributed by atoms with Crippen LogP contribution in [0.3, 0.4) is 0 Å². The smallest absolute Gasteiger partial charge is 0.334 e. The van der Waals surface area contributed by atoms with Gasteiger partial charge in [-0.25, -0.2) is 9.18 Å². The largest absolute Gasteiger partial charge is 0.479 e. The highest BCUT2D eigenvalue weighted by molar-refractivity contribution is 5.86. The average molecular weight is 271 g/mol. The standard InChI is InChI=1S/C16H14FNO2/c17-12-5-3-6-13(10-12)18-16(15(19)20)9-8-11-4-1-2-7-14(11)16/h1-7,10,18H,8-9H2,(H,19,20). The lowest BCUT2D eigenvalue weighted by Crippen LogP contribution is -2.41. The number of carboxylic acids is 1. The van der Waals surface area contributed by atoms with E-state index in [9.17, 15) is 14.3 Å². The SMILES string of the molecule is O=C(O)C1(Nc2cccc(F)c2)CCc2ccccc21. The van der Waals surface area contributed by atoms with Gasteiger partial charge in [-0.3, -0.25) is 0 Å². The molecule has 0 bridgehead atoms. The highest BCUT2D eigenvalue weighted by Gasteiger charge is 2.45. The Morgan fingerprint density at radius 1 is 1.20 bits per heavy atom. The van der Waals surface area contributed by atoms with E-state index in [0.29, 0.717) is 18.5 Å². The number of anilines is 1. The summed E-state index contributed by atoms with van der Waals surface area (Å²) in [6, 6.07) is 13.4. The van der Waals surface area contributed by atoms with Gasteiger partial charge in [-0.2, -0.15) is 0 Å². The molecule has 0 aromatic heterocycles. The van der Waals surface area contributed by atoms with Gasteiger partial charge < -0.3 is 10.4 Å². The molecule has 1 aliphatic rings. The lowest BCUT2D eigenvalue weighted by atomic mass is 9.91. The first kappa shape index (κ1) is 12.7. The molecular weight excluding hydrogens is 257 g/mol. The molecule has 1 aliphatic carbocycles. The Labute approximate surface area is 116 Å². The van der Waals surface area contributed by atoms with E-state index < -0.39 is 11.5 Å². The van der Waals surface area contributed by atoms with Gasteiger partial charge in [0.1, 0.15) is 5.82 Å². The number of rotatable bonds is 3. The third-order valence-electron chi connectivity index (χ3n) is 3.79. The topological polar surface area (TPSA) is 49.3 Å². The Hall–Kier alpha value is -2.36. The summed E-state index contributed by atoms with van der Waals surface area (Å²) in [5.41, 5.74) is 1.09. The van der Waals surface area contributed by atoms with Crippen molar-refractivity contribution < 1.29 is 14.3 Å². The van der Waals surface area contributed by atoms with Gasteiger partial charge in [-0.05, 0) is 42.2 Å². The predicted molar refractivity (Wildman–Crippen MR) is 74.1 cm³/mol. The van der Waals surface area contributed by atoms with Crippen molar-refractivity contribution >= 4 is 11.7 Å². The molecule has 0 spiro atoms. The number of hydrogen-bond acceptors (Lipinski definition) is 2. The van der Waals surface area contributed by atoms with Gasteiger partial charge in [-0.15, -0.1) is 0 Å². The Balaban J connectivity index is 2.05. The summed E-state index contributed by atoms with van der Waals surface area (Å²) in [4.78, 5) is 11.8. The normalized spacial score (nSPS) is 20.4. The van der Waals surface area contributed by atoms with Crippen LogP contribution in [0.1, 0.15) is 17.5 Å². The van der Waals surface area contributed by atoms with Crippen LogP contribution in [0.4, 0.5) is 10.1 Å². The summed E-state index contributed by atoms with van der Waals surface area (Å²) in [5, 5.41) is 12.7. The van der Waals surface area contributed by atoms with Crippen LogP contribution in [0.25, 0.3) is 0 Å². The molecule has 2 aromatic rings. The van der Waals surface area contributed by atoms with Crippen LogP contribution in [0, 0.1) is 5.82 Å². The van der Waals surface area contributed by atoms with Gasteiger partial charge in [0.25, 0.3) is 0 Å². The van der Waals surface area contributed by atoms with Gasteiger partial charge in [-0.1, -0.05) is 30.3 Å². The maximum absolute atomic E-state index is 13.3. The van der Waals surface area contributed by atoms with Crippen molar-refractivity contribution in [3.8, 4) is 0 Å². The summed E-state index contributed by atoms with van der Waals surface area (Å²) in [6.45, 7) is 0. The third-order valence-corrected chi connectivity index (χ3v) is 3.79. The zero-order valence-corrected chi connectivity index (χ0v) is 10.8. The first-order valence-corrected chi connectivity index (χ1v) is 6.47. The van der Waals surface area contributed by atoms with Crippen molar-refractivity contribution in [2.75, 3.05) is 5.32 Å². The summed E-state index contributed by atoms with van der Waals surface area (Å²) < 4.78 is 13.3. The van der Waals surface area contributed by atoms with Crippen LogP contribution >= 0.6 is 0 Å². The van der Waals surface area contributed by atoms with E-state index in [1.807, 2.05) is 24.3 Å². The number of aryl methyl sites for hydroxylation is 1. The number of fused-ring (bicyclic) bond motifs is 1. The fraction of sp³-hybridized carbons (Fsp3) is 0.188. The quantitative estimate of drug-likeness (QED) is 0.901. The van der Waals surface area contributed by atoms with Crippen molar-refractivity contribution in [2.24, 2.45) is 0 Å². The van der Waals surface area contributed by atoms with Crippen LogP contribution in [-0.4, -0.2) is 11.1 Å². The van der Waals surface area contributed by atoms with Crippen LogP contribution in [0.5, 0.6) is 0 Å². The second-order valence-corrected chi connectivity index (χ2v) is 5.00. The molecule has 20 heavy (non-hydrogen) atoms. The van der Waals surface area contributed by atoms with Crippen molar-refractivity contribution in [1.82, 2.24) is 0 Å². The molecule has 0 fully saturated rings. The molecule has 2 aromatic carbocycles. The number of halogens is 1. The first-order valence-electron chi connectivity index (χ1n) is 6.47. The lowest BCUT2D eigenvalue weighted by molar-refractivity contribution is -0.142. The molecule has 0 saturated carbocycles. The number of benzene rings is 2. The Bertz CT molecular complexity index is 671. The number of nitrogens with one attached hydrogen (secondary N) is 1. The summed E-state index contributed by atoms with van der Waals surface area (Å²) in [7, 11) is 0. The van der Waals surface area contributed by atoms with E-state index in [-0.39, 0.29) is 5.82 Å². The minimum absolute atomic E-state index is 0.387. The first-order chi connectivity index (χ1) is 9.62. The summed E-state index contributed by atoms with van der Waals surface area (Å²) >= 11 is 0. The van der Waals surface area contributed by atoms with E-state index in [1.54, 1.807) is 12.1 Å². The van der Waals surface area contributed by atoms with Crippen LogP contribution in [0.15, 0.2) is 48.5 Å². The Morgan fingerprint density at radius 3 is 2.75 bits per heavy atom. The van der Waals surface area contributed by atoms with Crippen molar-refractivity contribution in [3.05, 3.63) is 65.5 Å². The Morgan fingerprint density at radius 2 is 2.00 bits per heavy atom. The fourth-order valence-corrected chi connectivity index (χ4v) is 2.83. The molecule has 102 valence electrons. The van der Waals surface area contributed by atoms with E-state index >= 15 is 0 Å². The fourth-order valence-electron chi connectivity index (χ4n) is 2.83. The summed E-state index contributed by atoms with van der Waals surface area (Å²) in [6.07, 6.45) is 1.16. The lowest BCUT2D eigenvalue weighted by Gasteiger charge is -2.28. The average Bonchev–Trinajstić information content (AvgIpc) is 2.79. The molecule has 0 aliphatic heterocycles. The second kappa shape index (κ2) is 4.63. The van der Waals surface area contributed by atoms with Gasteiger partial charge >= 0.3 is 5.97 Å². The number of aliphatic carboxylic acids is 1. The number of carboxylic acid groups (broad SMARTS) is 1. The van der Waals surface area contributed by atoms with Crippen LogP contribution < -0.4 is 5.32 Å². The van der Waals surface area contributed by atoms with Gasteiger partial charge in [0.2, 0.25) is 0 Å². The van der Waals surface area contributed by atoms with E-state index in [1.165, 1.54) is 12.1 Å². The van der Waals surface area contributed by atoms with Gasteiger partial charge in [0, 0.05) is 5.69 Å². The molecule has 0 heterocycles.